The van der Waals surface area contributed by atoms with E-state index < -0.39 is 17.9 Å². The zero-order valence-electron chi connectivity index (χ0n) is 8.85. The van der Waals surface area contributed by atoms with Crippen molar-refractivity contribution in [1.29, 1.82) is 0 Å². The third kappa shape index (κ3) is 1.49. The number of hydrogen-bond donors (Lipinski definition) is 1. The number of nitrogens with one attached hydrogen (secondary N) is 1. The van der Waals surface area contributed by atoms with Crippen LogP contribution in [0.5, 0.6) is 0 Å². The number of amides is 1. The second kappa shape index (κ2) is 3.03. The third-order valence-corrected chi connectivity index (χ3v) is 2.91. The smallest absolute Gasteiger partial charge is 0.445 e. The average molecular weight is 228 g/mol. The monoisotopic (exact) mass is 228 g/mol. The summed E-state index contributed by atoms with van der Waals surface area (Å²) in [5, 5.41) is 2.47. The van der Waals surface area contributed by atoms with Gasteiger partial charge in [0, 0.05) is 5.69 Å². The van der Waals surface area contributed by atoms with E-state index in [0.29, 0.717) is 5.56 Å². The first kappa shape index (κ1) is 11.0. The maximum atomic E-state index is 12.5. The first-order valence-corrected chi connectivity index (χ1v) is 4.89. The van der Waals surface area contributed by atoms with Crippen LogP contribution in [0.3, 0.4) is 0 Å². The molecule has 0 saturated carbocycles. The summed E-state index contributed by atoms with van der Waals surface area (Å²) in [6, 6.07) is 3.40. The van der Waals surface area contributed by atoms with Crippen LogP contribution in [0, 0.1) is 0 Å². The van der Waals surface area contributed by atoms with Gasteiger partial charge in [0.15, 0.2) is 0 Å². The number of rotatable bonds is 1. The summed E-state index contributed by atoms with van der Waals surface area (Å²) in [7, 11) is 0. The van der Waals surface area contributed by atoms with E-state index in [-0.39, 0.29) is 11.6 Å². The SMILES string of the molecule is CC1(C)C(=O)Nc2cc([B-](F)(F)F)ccc21. The Morgan fingerprint density at radius 2 is 1.88 bits per heavy atom. The van der Waals surface area contributed by atoms with Gasteiger partial charge in [0.05, 0.1) is 5.41 Å². The van der Waals surface area contributed by atoms with Crippen LogP contribution in [0.15, 0.2) is 18.2 Å². The Hall–Kier alpha value is -1.46. The predicted octanol–water partition coefficient (Wildman–Crippen LogP) is 1.97. The van der Waals surface area contributed by atoms with Gasteiger partial charge in [-0.25, -0.2) is 0 Å². The summed E-state index contributed by atoms with van der Waals surface area (Å²) in [4.78, 5) is 11.5. The molecule has 2 nitrogen and oxygen atoms in total. The van der Waals surface area contributed by atoms with E-state index in [1.807, 2.05) is 0 Å². The molecular weight excluding hydrogens is 218 g/mol. The van der Waals surface area contributed by atoms with E-state index in [1.54, 1.807) is 13.8 Å². The van der Waals surface area contributed by atoms with Crippen LogP contribution >= 0.6 is 0 Å². The van der Waals surface area contributed by atoms with Crippen molar-refractivity contribution >= 4 is 24.0 Å². The van der Waals surface area contributed by atoms with E-state index in [0.717, 1.165) is 12.1 Å². The largest absolute Gasteiger partial charge is 0.509 e. The molecule has 0 atom stereocenters. The van der Waals surface area contributed by atoms with Gasteiger partial charge in [-0.3, -0.25) is 4.79 Å². The molecule has 1 N–H and O–H groups in total. The molecular formula is C10H10BF3NO-. The topological polar surface area (TPSA) is 29.1 Å². The number of fused-ring (bicyclic) bond motifs is 1. The van der Waals surface area contributed by atoms with Gasteiger partial charge in [0.1, 0.15) is 0 Å². The van der Waals surface area contributed by atoms with Gasteiger partial charge in [0.25, 0.3) is 0 Å². The number of anilines is 1. The zero-order chi connectivity index (χ0) is 12.1. The molecule has 0 unspecified atom stereocenters. The number of benzene rings is 1. The van der Waals surface area contributed by atoms with Gasteiger partial charge >= 0.3 is 6.98 Å². The molecule has 1 amide bonds. The first-order chi connectivity index (χ1) is 7.23. The molecule has 0 radical (unpaired) electrons. The predicted molar refractivity (Wildman–Crippen MR) is 56.8 cm³/mol. The molecule has 86 valence electrons. The highest BCUT2D eigenvalue weighted by Crippen LogP contribution is 2.36. The van der Waals surface area contributed by atoms with Gasteiger partial charge in [-0.05, 0) is 19.4 Å². The molecule has 2 rings (SSSR count). The fourth-order valence-electron chi connectivity index (χ4n) is 1.81. The Kier molecular flexibility index (Phi) is 2.09. The molecule has 1 aliphatic rings. The molecule has 0 bridgehead atoms. The van der Waals surface area contributed by atoms with E-state index in [9.17, 15) is 17.7 Å². The van der Waals surface area contributed by atoms with Crippen molar-refractivity contribution in [3.05, 3.63) is 23.8 Å². The normalized spacial score (nSPS) is 18.2. The first-order valence-electron chi connectivity index (χ1n) is 4.89. The lowest BCUT2D eigenvalue weighted by Gasteiger charge is -2.18. The molecule has 1 aromatic carbocycles. The van der Waals surface area contributed by atoms with Crippen molar-refractivity contribution < 1.29 is 17.7 Å². The minimum Gasteiger partial charge on any atom is -0.445 e. The lowest BCUT2D eigenvalue weighted by molar-refractivity contribution is -0.119. The van der Waals surface area contributed by atoms with E-state index >= 15 is 0 Å². The van der Waals surface area contributed by atoms with Crippen molar-refractivity contribution in [2.45, 2.75) is 19.3 Å². The standard InChI is InChI=1S/C10H10BF3NO/c1-10(2)7-4-3-6(11(12,13)14)5-8(7)15-9(10)16/h3-5H,1-2H3,(H,15,16)/q-1. The van der Waals surface area contributed by atoms with Crippen molar-refractivity contribution in [2.24, 2.45) is 0 Å². The maximum Gasteiger partial charge on any atom is 0.509 e. The van der Waals surface area contributed by atoms with E-state index in [1.165, 1.54) is 6.07 Å². The van der Waals surface area contributed by atoms with Crippen LogP contribution in [0.2, 0.25) is 0 Å². The summed E-state index contributed by atoms with van der Waals surface area (Å²) >= 11 is 0. The van der Waals surface area contributed by atoms with E-state index in [2.05, 4.69) is 5.32 Å². The molecule has 6 heteroatoms. The van der Waals surface area contributed by atoms with Gasteiger partial charge < -0.3 is 18.3 Å². The Bertz CT molecular complexity index is 468. The summed E-state index contributed by atoms with van der Waals surface area (Å²) in [6.07, 6.45) is 0. The summed E-state index contributed by atoms with van der Waals surface area (Å²) in [6.45, 7) is -1.64. The van der Waals surface area contributed by atoms with Crippen LogP contribution in [-0.2, 0) is 10.2 Å². The number of carbonyl (C=O) groups is 1. The summed E-state index contributed by atoms with van der Waals surface area (Å²) < 4.78 is 37.5. The van der Waals surface area contributed by atoms with Gasteiger partial charge in [-0.2, -0.15) is 0 Å². The molecule has 1 heterocycles. The molecule has 1 aliphatic heterocycles. The number of carbonyl (C=O) groups excluding carboxylic acids is 1. The highest BCUT2D eigenvalue weighted by atomic mass is 19.4. The average Bonchev–Trinajstić information content (AvgIpc) is 2.36. The van der Waals surface area contributed by atoms with Crippen LogP contribution < -0.4 is 10.8 Å². The van der Waals surface area contributed by atoms with E-state index in [4.69, 9.17) is 0 Å². The quantitative estimate of drug-likeness (QED) is 0.731. The highest BCUT2D eigenvalue weighted by Gasteiger charge is 2.39. The maximum absolute atomic E-state index is 12.5. The minimum atomic E-state index is -5.02. The van der Waals surface area contributed by atoms with Crippen molar-refractivity contribution in [3.8, 4) is 0 Å². The Balaban J connectivity index is 2.53. The van der Waals surface area contributed by atoms with Crippen LogP contribution in [0.4, 0.5) is 18.6 Å². The Labute approximate surface area is 90.9 Å². The van der Waals surface area contributed by atoms with Crippen molar-refractivity contribution in [1.82, 2.24) is 0 Å². The minimum absolute atomic E-state index is 0.269. The second-order valence-electron chi connectivity index (χ2n) is 4.46. The lowest BCUT2D eigenvalue weighted by atomic mass is 9.77. The Morgan fingerprint density at radius 3 is 2.44 bits per heavy atom. The van der Waals surface area contributed by atoms with Gasteiger partial charge in [0.2, 0.25) is 5.91 Å². The lowest BCUT2D eigenvalue weighted by Crippen LogP contribution is -2.34. The molecule has 0 fully saturated rings. The summed E-state index contributed by atoms with van der Waals surface area (Å²) in [5.41, 5.74) is -0.559. The molecule has 16 heavy (non-hydrogen) atoms. The van der Waals surface area contributed by atoms with Crippen molar-refractivity contribution in [3.63, 3.8) is 0 Å². The van der Waals surface area contributed by atoms with Crippen LogP contribution in [0.25, 0.3) is 0 Å². The van der Waals surface area contributed by atoms with Crippen molar-refractivity contribution in [2.75, 3.05) is 5.32 Å². The zero-order valence-corrected chi connectivity index (χ0v) is 8.85. The fourth-order valence-corrected chi connectivity index (χ4v) is 1.81. The summed E-state index contributed by atoms with van der Waals surface area (Å²) in [5.74, 6) is -0.269. The molecule has 0 saturated heterocycles. The van der Waals surface area contributed by atoms with Crippen LogP contribution in [-0.4, -0.2) is 12.9 Å². The molecule has 0 spiro atoms. The van der Waals surface area contributed by atoms with Gasteiger partial charge in [-0.1, -0.05) is 18.2 Å². The van der Waals surface area contributed by atoms with Gasteiger partial charge in [-0.15, -0.1) is 5.46 Å². The fraction of sp³-hybridized carbons (Fsp3) is 0.300. The Morgan fingerprint density at radius 1 is 1.25 bits per heavy atom. The number of halogens is 3. The third-order valence-electron chi connectivity index (χ3n) is 2.91. The second-order valence-corrected chi connectivity index (χ2v) is 4.46. The number of hydrogen-bond acceptors (Lipinski definition) is 1. The van der Waals surface area contributed by atoms with Crippen LogP contribution in [0.1, 0.15) is 19.4 Å². The highest BCUT2D eigenvalue weighted by molar-refractivity contribution is 6.73. The molecule has 0 aromatic heterocycles. The molecule has 1 aromatic rings. The molecule has 0 aliphatic carbocycles.